The second kappa shape index (κ2) is 9.39. The van der Waals surface area contributed by atoms with E-state index in [1.165, 1.54) is 81.8 Å². The predicted molar refractivity (Wildman–Crippen MR) is 101 cm³/mol. The Bertz CT molecular complexity index is 505. The summed E-state index contributed by atoms with van der Waals surface area (Å²) in [4.78, 5) is 12.4. The van der Waals surface area contributed by atoms with Crippen LogP contribution in [0.25, 0.3) is 0 Å². The van der Waals surface area contributed by atoms with Crippen molar-refractivity contribution in [2.75, 3.05) is 0 Å². The highest BCUT2D eigenvalue weighted by atomic mass is 16.1. The fourth-order valence-electron chi connectivity index (χ4n) is 4.73. The third-order valence-corrected chi connectivity index (χ3v) is 6.24. The fourth-order valence-corrected chi connectivity index (χ4v) is 4.73. The van der Waals surface area contributed by atoms with Crippen LogP contribution in [0.5, 0.6) is 0 Å². The minimum atomic E-state index is 0.443. The van der Waals surface area contributed by atoms with Crippen LogP contribution in [0.3, 0.4) is 0 Å². The van der Waals surface area contributed by atoms with Gasteiger partial charge in [-0.25, -0.2) is 0 Å². The number of hydrogen-bond acceptors (Lipinski definition) is 1. The van der Waals surface area contributed by atoms with E-state index in [0.29, 0.717) is 12.2 Å². The highest BCUT2D eigenvalue weighted by molar-refractivity contribution is 5.80. The Balaban J connectivity index is 1.50. The zero-order valence-electron chi connectivity index (χ0n) is 15.3. The van der Waals surface area contributed by atoms with Gasteiger partial charge in [0.25, 0.3) is 0 Å². The molecule has 1 aromatic rings. The average Bonchev–Trinajstić information content (AvgIpc) is 2.91. The molecule has 2 aliphatic carbocycles. The molecule has 2 saturated carbocycles. The van der Waals surface area contributed by atoms with Gasteiger partial charge in [0.05, 0.1) is 0 Å². The highest BCUT2D eigenvalue weighted by Crippen LogP contribution is 2.32. The van der Waals surface area contributed by atoms with Gasteiger partial charge in [-0.1, -0.05) is 82.1 Å². The van der Waals surface area contributed by atoms with Crippen molar-refractivity contribution in [2.45, 2.75) is 95.8 Å². The average molecular weight is 327 g/mol. The van der Waals surface area contributed by atoms with Gasteiger partial charge in [-0.15, -0.1) is 0 Å². The van der Waals surface area contributed by atoms with Crippen molar-refractivity contribution in [3.63, 3.8) is 0 Å². The third-order valence-electron chi connectivity index (χ3n) is 6.24. The summed E-state index contributed by atoms with van der Waals surface area (Å²) in [5, 5.41) is 0. The zero-order valence-corrected chi connectivity index (χ0v) is 15.3. The molecule has 1 heteroatoms. The number of hydrogen-bond donors (Lipinski definition) is 0. The molecule has 1 nitrogen and oxygen atoms in total. The SMILES string of the molecule is O=C(CCC1CCCCC1)Cc1cccc(C2CCCCCC2)c1. The van der Waals surface area contributed by atoms with Gasteiger partial charge in [0.2, 0.25) is 0 Å². The van der Waals surface area contributed by atoms with E-state index in [0.717, 1.165) is 24.7 Å². The molecule has 0 bridgehead atoms. The van der Waals surface area contributed by atoms with Crippen molar-refractivity contribution in [1.82, 2.24) is 0 Å². The number of Topliss-reactive ketones (excluding diaryl/α,β-unsaturated/α-hetero) is 1. The molecule has 3 rings (SSSR count). The van der Waals surface area contributed by atoms with Gasteiger partial charge < -0.3 is 0 Å². The Morgan fingerprint density at radius 1 is 0.875 bits per heavy atom. The van der Waals surface area contributed by atoms with E-state index < -0.39 is 0 Å². The topological polar surface area (TPSA) is 17.1 Å². The van der Waals surface area contributed by atoms with Crippen LogP contribution in [0, 0.1) is 5.92 Å². The highest BCUT2D eigenvalue weighted by Gasteiger charge is 2.17. The molecule has 0 unspecified atom stereocenters. The van der Waals surface area contributed by atoms with Crippen molar-refractivity contribution in [3.8, 4) is 0 Å². The fraction of sp³-hybridized carbons (Fsp3) is 0.696. The van der Waals surface area contributed by atoms with Crippen LogP contribution in [0.4, 0.5) is 0 Å². The maximum absolute atomic E-state index is 12.4. The van der Waals surface area contributed by atoms with E-state index >= 15 is 0 Å². The first-order valence-corrected chi connectivity index (χ1v) is 10.4. The summed E-state index contributed by atoms with van der Waals surface area (Å²) in [7, 11) is 0. The maximum atomic E-state index is 12.4. The molecule has 0 atom stereocenters. The lowest BCUT2D eigenvalue weighted by Gasteiger charge is -2.21. The summed E-state index contributed by atoms with van der Waals surface area (Å²) < 4.78 is 0. The molecule has 0 amide bonds. The predicted octanol–water partition coefficient (Wildman–Crippen LogP) is 6.60. The largest absolute Gasteiger partial charge is 0.299 e. The van der Waals surface area contributed by atoms with Crippen LogP contribution >= 0.6 is 0 Å². The molecule has 0 aromatic heterocycles. The van der Waals surface area contributed by atoms with E-state index in [-0.39, 0.29) is 0 Å². The Labute approximate surface area is 148 Å². The first kappa shape index (κ1) is 17.7. The second-order valence-electron chi connectivity index (χ2n) is 8.19. The first-order chi connectivity index (χ1) is 11.8. The maximum Gasteiger partial charge on any atom is 0.137 e. The summed E-state index contributed by atoms with van der Waals surface area (Å²) in [6, 6.07) is 8.93. The summed E-state index contributed by atoms with van der Waals surface area (Å²) in [5.41, 5.74) is 2.72. The molecule has 0 heterocycles. The van der Waals surface area contributed by atoms with Gasteiger partial charge >= 0.3 is 0 Å². The van der Waals surface area contributed by atoms with E-state index in [1.54, 1.807) is 0 Å². The van der Waals surface area contributed by atoms with E-state index in [2.05, 4.69) is 24.3 Å². The molecule has 2 fully saturated rings. The molecule has 0 saturated heterocycles. The van der Waals surface area contributed by atoms with Crippen LogP contribution in [0.1, 0.15) is 101 Å². The Hall–Kier alpha value is -1.11. The summed E-state index contributed by atoms with van der Waals surface area (Å²) in [5.74, 6) is 1.99. The van der Waals surface area contributed by atoms with Crippen molar-refractivity contribution >= 4 is 5.78 Å². The lowest BCUT2D eigenvalue weighted by molar-refractivity contribution is -0.118. The Kier molecular flexibility index (Phi) is 6.93. The first-order valence-electron chi connectivity index (χ1n) is 10.4. The Morgan fingerprint density at radius 2 is 1.54 bits per heavy atom. The van der Waals surface area contributed by atoms with Crippen LogP contribution in [0.2, 0.25) is 0 Å². The molecular formula is C23H34O. The van der Waals surface area contributed by atoms with E-state index in [9.17, 15) is 4.79 Å². The van der Waals surface area contributed by atoms with Gasteiger partial charge in [0.15, 0.2) is 0 Å². The molecule has 132 valence electrons. The van der Waals surface area contributed by atoms with Gasteiger partial charge in [-0.2, -0.15) is 0 Å². The monoisotopic (exact) mass is 326 g/mol. The number of carbonyl (C=O) groups is 1. The number of benzene rings is 1. The van der Waals surface area contributed by atoms with Crippen LogP contribution in [-0.2, 0) is 11.2 Å². The lowest BCUT2D eigenvalue weighted by atomic mass is 9.85. The molecule has 1 aromatic carbocycles. The van der Waals surface area contributed by atoms with Gasteiger partial charge in [0, 0.05) is 12.8 Å². The van der Waals surface area contributed by atoms with E-state index in [1.807, 2.05) is 0 Å². The molecule has 0 aliphatic heterocycles. The molecular weight excluding hydrogens is 292 g/mol. The van der Waals surface area contributed by atoms with Crippen molar-refractivity contribution in [2.24, 2.45) is 5.92 Å². The van der Waals surface area contributed by atoms with Gasteiger partial charge in [0.1, 0.15) is 5.78 Å². The van der Waals surface area contributed by atoms with Crippen LogP contribution < -0.4 is 0 Å². The van der Waals surface area contributed by atoms with Gasteiger partial charge in [-0.05, 0) is 42.2 Å². The normalized spacial score (nSPS) is 20.7. The molecule has 0 radical (unpaired) electrons. The summed E-state index contributed by atoms with van der Waals surface area (Å²) in [6.45, 7) is 0. The molecule has 2 aliphatic rings. The van der Waals surface area contributed by atoms with E-state index in [4.69, 9.17) is 0 Å². The number of carbonyl (C=O) groups excluding carboxylic acids is 1. The number of rotatable bonds is 6. The minimum Gasteiger partial charge on any atom is -0.299 e. The second-order valence-corrected chi connectivity index (χ2v) is 8.19. The van der Waals surface area contributed by atoms with Crippen molar-refractivity contribution in [1.29, 1.82) is 0 Å². The van der Waals surface area contributed by atoms with Gasteiger partial charge in [-0.3, -0.25) is 4.79 Å². The third kappa shape index (κ3) is 5.46. The molecule has 0 N–H and O–H groups in total. The summed E-state index contributed by atoms with van der Waals surface area (Å²) >= 11 is 0. The van der Waals surface area contributed by atoms with Crippen molar-refractivity contribution in [3.05, 3.63) is 35.4 Å². The summed E-state index contributed by atoms with van der Waals surface area (Å²) in [6.07, 6.45) is 17.6. The molecule has 0 spiro atoms. The zero-order chi connectivity index (χ0) is 16.6. The number of ketones is 1. The lowest BCUT2D eigenvalue weighted by Crippen LogP contribution is -2.10. The minimum absolute atomic E-state index is 0.443. The standard InChI is InChI=1S/C23H34O/c24-23(16-15-19-9-4-3-5-10-19)18-20-11-8-14-22(17-20)21-12-6-1-2-7-13-21/h8,11,14,17,19,21H,1-7,9-10,12-13,15-16,18H2. The van der Waals surface area contributed by atoms with Crippen molar-refractivity contribution < 1.29 is 4.79 Å². The molecule has 24 heavy (non-hydrogen) atoms. The van der Waals surface area contributed by atoms with Crippen LogP contribution in [-0.4, -0.2) is 5.78 Å². The van der Waals surface area contributed by atoms with Crippen LogP contribution in [0.15, 0.2) is 24.3 Å². The smallest absolute Gasteiger partial charge is 0.137 e. The quantitative estimate of drug-likeness (QED) is 0.538. The Morgan fingerprint density at radius 3 is 2.29 bits per heavy atom.